The molecule has 134 valence electrons. The number of amides is 1. The standard InChI is InChI=1S/C17H17ClF3N3O/c1-10-7-22-15-5-2-11(8-23(10)15)24(16(25)6-18)9-12-13(19)3-4-14(20)17(12)21/h3-4,7,11H,2,5-6,8-9H2,1H3. The van der Waals surface area contributed by atoms with Crippen LogP contribution in [0.15, 0.2) is 18.3 Å². The third-order valence-corrected chi connectivity index (χ3v) is 4.80. The molecule has 0 bridgehead atoms. The largest absolute Gasteiger partial charge is 0.332 e. The first kappa shape index (κ1) is 17.8. The predicted molar refractivity (Wildman–Crippen MR) is 86.7 cm³/mol. The van der Waals surface area contributed by atoms with Gasteiger partial charge in [-0.2, -0.15) is 0 Å². The van der Waals surface area contributed by atoms with Gasteiger partial charge >= 0.3 is 0 Å². The number of fused-ring (bicyclic) bond motifs is 1. The molecule has 0 saturated heterocycles. The average molecular weight is 372 g/mol. The van der Waals surface area contributed by atoms with E-state index in [4.69, 9.17) is 11.6 Å². The first-order valence-corrected chi connectivity index (χ1v) is 8.44. The molecule has 3 rings (SSSR count). The van der Waals surface area contributed by atoms with Crippen molar-refractivity contribution in [3.8, 4) is 0 Å². The van der Waals surface area contributed by atoms with Crippen molar-refractivity contribution in [2.45, 2.75) is 38.9 Å². The Hall–Kier alpha value is -2.02. The van der Waals surface area contributed by atoms with Gasteiger partial charge in [-0.3, -0.25) is 4.79 Å². The quantitative estimate of drug-likeness (QED) is 0.611. The summed E-state index contributed by atoms with van der Waals surface area (Å²) >= 11 is 5.68. The summed E-state index contributed by atoms with van der Waals surface area (Å²) in [6.45, 7) is 2.00. The molecule has 0 radical (unpaired) electrons. The predicted octanol–water partition coefficient (Wildman–Crippen LogP) is 3.19. The number of carbonyl (C=O) groups is 1. The van der Waals surface area contributed by atoms with Crippen LogP contribution in [0.4, 0.5) is 13.2 Å². The van der Waals surface area contributed by atoms with E-state index in [-0.39, 0.29) is 18.5 Å². The van der Waals surface area contributed by atoms with Gasteiger partial charge in [-0.15, -0.1) is 11.6 Å². The molecule has 4 nitrogen and oxygen atoms in total. The topological polar surface area (TPSA) is 38.1 Å². The summed E-state index contributed by atoms with van der Waals surface area (Å²) in [5.41, 5.74) is 0.479. The molecule has 0 fully saturated rings. The highest BCUT2D eigenvalue weighted by atomic mass is 35.5. The first-order chi connectivity index (χ1) is 11.9. The van der Waals surface area contributed by atoms with Crippen LogP contribution in [0.25, 0.3) is 0 Å². The Balaban J connectivity index is 1.91. The summed E-state index contributed by atoms with van der Waals surface area (Å²) in [5.74, 6) is -3.16. The molecule has 0 aliphatic carbocycles. The van der Waals surface area contributed by atoms with Crippen LogP contribution in [0.1, 0.15) is 23.5 Å². The van der Waals surface area contributed by atoms with Crippen LogP contribution in [0.2, 0.25) is 0 Å². The summed E-state index contributed by atoms with van der Waals surface area (Å²) in [4.78, 5) is 17.9. The van der Waals surface area contributed by atoms with E-state index in [2.05, 4.69) is 4.98 Å². The Bertz CT molecular complexity index is 809. The van der Waals surface area contributed by atoms with Gasteiger partial charge in [-0.05, 0) is 25.5 Å². The summed E-state index contributed by atoms with van der Waals surface area (Å²) in [6.07, 6.45) is 2.98. The molecule has 1 aliphatic rings. The van der Waals surface area contributed by atoms with Crippen LogP contribution >= 0.6 is 11.6 Å². The van der Waals surface area contributed by atoms with Crippen LogP contribution in [0.5, 0.6) is 0 Å². The molecule has 0 saturated carbocycles. The van der Waals surface area contributed by atoms with Gasteiger partial charge in [-0.25, -0.2) is 18.2 Å². The third-order valence-electron chi connectivity index (χ3n) is 4.58. The van der Waals surface area contributed by atoms with Crippen molar-refractivity contribution >= 4 is 17.5 Å². The molecule has 1 amide bonds. The fraction of sp³-hybridized carbons (Fsp3) is 0.412. The van der Waals surface area contributed by atoms with Gasteiger partial charge in [0.2, 0.25) is 5.91 Å². The number of hydrogen-bond donors (Lipinski definition) is 0. The minimum Gasteiger partial charge on any atom is -0.332 e. The summed E-state index contributed by atoms with van der Waals surface area (Å²) in [7, 11) is 0. The van der Waals surface area contributed by atoms with E-state index in [1.165, 1.54) is 4.90 Å². The molecule has 1 aromatic carbocycles. The van der Waals surface area contributed by atoms with Crippen molar-refractivity contribution in [2.75, 3.05) is 5.88 Å². The van der Waals surface area contributed by atoms with Gasteiger partial charge in [0, 0.05) is 30.4 Å². The number of rotatable bonds is 4. The highest BCUT2D eigenvalue weighted by Crippen LogP contribution is 2.25. The molecule has 1 unspecified atom stereocenters. The molecule has 0 N–H and O–H groups in total. The number of imidazole rings is 1. The number of hydrogen-bond acceptors (Lipinski definition) is 2. The number of aryl methyl sites for hydroxylation is 2. The molecular formula is C17H17ClF3N3O. The summed E-state index contributed by atoms with van der Waals surface area (Å²) in [6, 6.07) is 1.29. The Morgan fingerprint density at radius 2 is 2.08 bits per heavy atom. The normalized spacial score (nSPS) is 16.6. The van der Waals surface area contributed by atoms with Crippen LogP contribution in [0, 0.1) is 24.4 Å². The lowest BCUT2D eigenvalue weighted by Gasteiger charge is -2.35. The fourth-order valence-electron chi connectivity index (χ4n) is 3.19. The third kappa shape index (κ3) is 3.38. The van der Waals surface area contributed by atoms with E-state index in [9.17, 15) is 18.0 Å². The zero-order chi connectivity index (χ0) is 18.1. The van der Waals surface area contributed by atoms with Crippen molar-refractivity contribution in [3.63, 3.8) is 0 Å². The van der Waals surface area contributed by atoms with Gasteiger partial charge in [0.15, 0.2) is 11.6 Å². The number of halogens is 4. The monoisotopic (exact) mass is 371 g/mol. The number of nitrogens with zero attached hydrogens (tertiary/aromatic N) is 3. The molecular weight excluding hydrogens is 355 g/mol. The molecule has 0 spiro atoms. The maximum absolute atomic E-state index is 14.0. The molecule has 8 heteroatoms. The second kappa shape index (κ2) is 7.07. The molecule has 2 aromatic rings. The number of carbonyl (C=O) groups excluding carboxylic acids is 1. The second-order valence-electron chi connectivity index (χ2n) is 6.10. The van der Waals surface area contributed by atoms with Crippen LogP contribution in [-0.4, -0.2) is 32.3 Å². The van der Waals surface area contributed by atoms with E-state index in [1.807, 2.05) is 11.5 Å². The van der Waals surface area contributed by atoms with E-state index in [0.29, 0.717) is 19.4 Å². The maximum atomic E-state index is 14.0. The maximum Gasteiger partial charge on any atom is 0.238 e. The minimum atomic E-state index is -1.28. The summed E-state index contributed by atoms with van der Waals surface area (Å²) < 4.78 is 43.4. The van der Waals surface area contributed by atoms with E-state index < -0.39 is 28.9 Å². The lowest BCUT2D eigenvalue weighted by atomic mass is 10.0. The van der Waals surface area contributed by atoms with Gasteiger partial charge in [-0.1, -0.05) is 0 Å². The van der Waals surface area contributed by atoms with Crippen molar-refractivity contribution < 1.29 is 18.0 Å². The number of aromatic nitrogens is 2. The molecule has 25 heavy (non-hydrogen) atoms. The molecule has 1 aliphatic heterocycles. The van der Waals surface area contributed by atoms with Gasteiger partial charge in [0.1, 0.15) is 17.5 Å². The van der Waals surface area contributed by atoms with Gasteiger partial charge < -0.3 is 9.47 Å². The Kier molecular flexibility index (Phi) is 5.03. The second-order valence-corrected chi connectivity index (χ2v) is 6.36. The van der Waals surface area contributed by atoms with Crippen LogP contribution in [-0.2, 0) is 24.3 Å². The highest BCUT2D eigenvalue weighted by Gasteiger charge is 2.30. The van der Waals surface area contributed by atoms with Crippen LogP contribution in [0.3, 0.4) is 0 Å². The van der Waals surface area contributed by atoms with Gasteiger partial charge in [0.05, 0.1) is 12.6 Å². The van der Waals surface area contributed by atoms with Crippen molar-refractivity contribution in [3.05, 3.63) is 52.9 Å². The van der Waals surface area contributed by atoms with Gasteiger partial charge in [0.25, 0.3) is 0 Å². The smallest absolute Gasteiger partial charge is 0.238 e. The Morgan fingerprint density at radius 1 is 1.36 bits per heavy atom. The van der Waals surface area contributed by atoms with Crippen molar-refractivity contribution in [1.29, 1.82) is 0 Å². The Morgan fingerprint density at radius 3 is 2.80 bits per heavy atom. The SMILES string of the molecule is Cc1cnc2n1CC(N(Cc1c(F)ccc(F)c1F)C(=O)CCl)CC2. The van der Waals surface area contributed by atoms with Crippen LogP contribution < -0.4 is 0 Å². The zero-order valence-corrected chi connectivity index (χ0v) is 14.4. The molecule has 2 heterocycles. The first-order valence-electron chi connectivity index (χ1n) is 7.91. The zero-order valence-electron chi connectivity index (χ0n) is 13.6. The molecule has 1 atom stereocenters. The number of benzene rings is 1. The fourth-order valence-corrected chi connectivity index (χ4v) is 3.35. The van der Waals surface area contributed by atoms with E-state index in [1.54, 1.807) is 6.20 Å². The lowest BCUT2D eigenvalue weighted by molar-refractivity contribution is -0.132. The average Bonchev–Trinajstić information content (AvgIpc) is 2.98. The molecule has 1 aromatic heterocycles. The van der Waals surface area contributed by atoms with Crippen molar-refractivity contribution in [2.24, 2.45) is 0 Å². The minimum absolute atomic E-state index is 0.297. The van der Waals surface area contributed by atoms with Crippen molar-refractivity contribution in [1.82, 2.24) is 14.5 Å². The summed E-state index contributed by atoms with van der Waals surface area (Å²) in [5, 5.41) is 0. The number of alkyl halides is 1. The Labute approximate surface area is 148 Å². The highest BCUT2D eigenvalue weighted by molar-refractivity contribution is 6.27. The van der Waals surface area contributed by atoms with E-state index in [0.717, 1.165) is 23.7 Å². The lowest BCUT2D eigenvalue weighted by Crippen LogP contribution is -2.45. The van der Waals surface area contributed by atoms with E-state index >= 15 is 0 Å².